The van der Waals surface area contributed by atoms with Gasteiger partial charge in [0.2, 0.25) is 5.82 Å². The van der Waals surface area contributed by atoms with Crippen molar-refractivity contribution in [3.05, 3.63) is 33.8 Å². The molecule has 0 aliphatic carbocycles. The lowest BCUT2D eigenvalue weighted by molar-refractivity contribution is -0.384. The van der Waals surface area contributed by atoms with Crippen LogP contribution in [0.5, 0.6) is 0 Å². The van der Waals surface area contributed by atoms with E-state index in [0.717, 1.165) is 39.1 Å². The lowest BCUT2D eigenvalue weighted by atomic mass is 10.3. The van der Waals surface area contributed by atoms with E-state index in [4.69, 9.17) is 0 Å². The molecule has 0 unspecified atom stereocenters. The molecule has 25 heavy (non-hydrogen) atoms. The highest BCUT2D eigenvalue weighted by Crippen LogP contribution is 2.32. The van der Waals surface area contributed by atoms with Gasteiger partial charge in [0.15, 0.2) is 0 Å². The maximum atomic E-state index is 11.5. The molecule has 1 aliphatic rings. The summed E-state index contributed by atoms with van der Waals surface area (Å²) in [5.74, 6) is 0.647. The maximum absolute atomic E-state index is 11.5. The summed E-state index contributed by atoms with van der Waals surface area (Å²) >= 11 is 0. The predicted octanol–water partition coefficient (Wildman–Crippen LogP) is 1.57. The SMILES string of the molecule is CCn1nc(C)c([N+](=O)[O-])c1N1CCCN(Cc2cnn(C)c2)CC1. The molecule has 2 aromatic heterocycles. The molecule has 0 radical (unpaired) electrons. The van der Waals surface area contributed by atoms with Gasteiger partial charge in [-0.15, -0.1) is 0 Å². The minimum Gasteiger partial charge on any atom is -0.350 e. The molecule has 1 saturated heterocycles. The summed E-state index contributed by atoms with van der Waals surface area (Å²) in [4.78, 5) is 15.7. The van der Waals surface area contributed by atoms with Gasteiger partial charge >= 0.3 is 5.69 Å². The first kappa shape index (κ1) is 17.4. The number of nitro groups is 1. The highest BCUT2D eigenvalue weighted by Gasteiger charge is 2.30. The zero-order valence-corrected chi connectivity index (χ0v) is 15.1. The molecular weight excluding hydrogens is 322 g/mol. The Morgan fingerprint density at radius 3 is 2.72 bits per heavy atom. The first-order valence-corrected chi connectivity index (χ1v) is 8.66. The van der Waals surface area contributed by atoms with E-state index in [1.165, 1.54) is 5.56 Å². The van der Waals surface area contributed by atoms with E-state index in [0.29, 0.717) is 18.1 Å². The van der Waals surface area contributed by atoms with Crippen molar-refractivity contribution in [1.82, 2.24) is 24.5 Å². The second-order valence-electron chi connectivity index (χ2n) is 6.47. The van der Waals surface area contributed by atoms with E-state index in [1.54, 1.807) is 11.6 Å². The molecule has 0 spiro atoms. The molecule has 136 valence electrons. The summed E-state index contributed by atoms with van der Waals surface area (Å²) < 4.78 is 3.57. The van der Waals surface area contributed by atoms with Crippen LogP contribution in [-0.2, 0) is 20.1 Å². The van der Waals surface area contributed by atoms with Crippen LogP contribution in [0.25, 0.3) is 0 Å². The van der Waals surface area contributed by atoms with E-state index in [9.17, 15) is 10.1 Å². The molecule has 0 N–H and O–H groups in total. The Hall–Kier alpha value is -2.42. The van der Waals surface area contributed by atoms with Gasteiger partial charge in [-0.1, -0.05) is 0 Å². The van der Waals surface area contributed by atoms with Gasteiger partial charge in [-0.3, -0.25) is 19.7 Å². The minimum atomic E-state index is -0.303. The van der Waals surface area contributed by atoms with Crippen molar-refractivity contribution in [2.45, 2.75) is 33.4 Å². The Balaban J connectivity index is 1.76. The van der Waals surface area contributed by atoms with Gasteiger partial charge in [-0.2, -0.15) is 10.2 Å². The topological polar surface area (TPSA) is 85.3 Å². The van der Waals surface area contributed by atoms with Crippen LogP contribution in [0.1, 0.15) is 24.6 Å². The predicted molar refractivity (Wildman–Crippen MR) is 94.6 cm³/mol. The largest absolute Gasteiger partial charge is 0.350 e. The summed E-state index contributed by atoms with van der Waals surface area (Å²) in [6.45, 7) is 8.54. The maximum Gasteiger partial charge on any atom is 0.333 e. The standard InChI is InChI=1S/C16H25N7O2/c1-4-22-16(15(23(24)25)13(2)18-22)21-7-5-6-20(8-9-21)12-14-10-17-19(3)11-14/h10-11H,4-9,12H2,1-3H3. The third-order valence-electron chi connectivity index (χ3n) is 4.60. The molecule has 0 bridgehead atoms. The number of nitrogens with zero attached hydrogens (tertiary/aromatic N) is 7. The molecule has 9 nitrogen and oxygen atoms in total. The first-order chi connectivity index (χ1) is 12.0. The van der Waals surface area contributed by atoms with E-state index < -0.39 is 0 Å². The van der Waals surface area contributed by atoms with Gasteiger partial charge in [0.05, 0.1) is 11.1 Å². The van der Waals surface area contributed by atoms with E-state index in [1.807, 2.05) is 31.0 Å². The Morgan fingerprint density at radius 1 is 1.28 bits per heavy atom. The Bertz CT molecular complexity index is 752. The molecule has 0 saturated carbocycles. The number of hydrogen-bond acceptors (Lipinski definition) is 6. The van der Waals surface area contributed by atoms with Crippen molar-refractivity contribution in [2.24, 2.45) is 7.05 Å². The Kier molecular flexibility index (Phi) is 5.03. The van der Waals surface area contributed by atoms with Crippen molar-refractivity contribution in [1.29, 1.82) is 0 Å². The summed E-state index contributed by atoms with van der Waals surface area (Å²) in [5, 5.41) is 20.1. The molecule has 3 heterocycles. The number of aromatic nitrogens is 4. The van der Waals surface area contributed by atoms with Gasteiger partial charge in [-0.05, 0) is 20.3 Å². The van der Waals surface area contributed by atoms with Crippen LogP contribution in [0, 0.1) is 17.0 Å². The van der Waals surface area contributed by atoms with Crippen LogP contribution in [-0.4, -0.2) is 55.6 Å². The highest BCUT2D eigenvalue weighted by atomic mass is 16.6. The number of hydrogen-bond donors (Lipinski definition) is 0. The van der Waals surface area contributed by atoms with Gasteiger partial charge in [-0.25, -0.2) is 4.68 Å². The van der Waals surface area contributed by atoms with E-state index in [2.05, 4.69) is 20.0 Å². The zero-order chi connectivity index (χ0) is 18.0. The van der Waals surface area contributed by atoms with Crippen LogP contribution in [0.15, 0.2) is 12.4 Å². The minimum absolute atomic E-state index is 0.141. The average Bonchev–Trinajstić information content (AvgIpc) is 3.03. The molecule has 0 aromatic carbocycles. The third-order valence-corrected chi connectivity index (χ3v) is 4.60. The van der Waals surface area contributed by atoms with Crippen molar-refractivity contribution in [3.8, 4) is 0 Å². The fourth-order valence-corrected chi connectivity index (χ4v) is 3.46. The Labute approximate surface area is 147 Å². The van der Waals surface area contributed by atoms with Crippen LogP contribution in [0.4, 0.5) is 11.5 Å². The fourth-order valence-electron chi connectivity index (χ4n) is 3.46. The van der Waals surface area contributed by atoms with Crippen molar-refractivity contribution >= 4 is 11.5 Å². The normalized spacial score (nSPS) is 16.2. The Morgan fingerprint density at radius 2 is 2.08 bits per heavy atom. The second kappa shape index (κ2) is 7.22. The van der Waals surface area contributed by atoms with E-state index >= 15 is 0 Å². The van der Waals surface area contributed by atoms with Crippen molar-refractivity contribution in [2.75, 3.05) is 31.1 Å². The molecule has 1 aliphatic heterocycles. The van der Waals surface area contributed by atoms with Crippen LogP contribution in [0.3, 0.4) is 0 Å². The highest BCUT2D eigenvalue weighted by molar-refractivity contribution is 5.61. The quantitative estimate of drug-likeness (QED) is 0.603. The van der Waals surface area contributed by atoms with Crippen molar-refractivity contribution in [3.63, 3.8) is 0 Å². The smallest absolute Gasteiger partial charge is 0.333 e. The van der Waals surface area contributed by atoms with Crippen LogP contribution < -0.4 is 4.90 Å². The molecular formula is C16H25N7O2. The lowest BCUT2D eigenvalue weighted by Gasteiger charge is -2.23. The monoisotopic (exact) mass is 347 g/mol. The summed E-state index contributed by atoms with van der Waals surface area (Å²) in [6.07, 6.45) is 4.89. The summed E-state index contributed by atoms with van der Waals surface area (Å²) in [5.41, 5.74) is 1.82. The summed E-state index contributed by atoms with van der Waals surface area (Å²) in [7, 11) is 1.92. The van der Waals surface area contributed by atoms with Gasteiger partial charge in [0.25, 0.3) is 0 Å². The van der Waals surface area contributed by atoms with Crippen LogP contribution >= 0.6 is 0 Å². The molecule has 1 fully saturated rings. The van der Waals surface area contributed by atoms with Crippen LogP contribution in [0.2, 0.25) is 0 Å². The number of aryl methyl sites for hydroxylation is 3. The molecule has 2 aromatic rings. The van der Waals surface area contributed by atoms with Gasteiger partial charge in [0, 0.05) is 58.1 Å². The molecule has 9 heteroatoms. The molecule has 3 rings (SSSR count). The lowest BCUT2D eigenvalue weighted by Crippen LogP contribution is -2.32. The summed E-state index contributed by atoms with van der Waals surface area (Å²) in [6, 6.07) is 0. The fraction of sp³-hybridized carbons (Fsp3) is 0.625. The number of rotatable bonds is 5. The zero-order valence-electron chi connectivity index (χ0n) is 15.1. The third kappa shape index (κ3) is 3.65. The first-order valence-electron chi connectivity index (χ1n) is 8.66. The van der Waals surface area contributed by atoms with Gasteiger partial charge < -0.3 is 4.90 Å². The number of anilines is 1. The van der Waals surface area contributed by atoms with Crippen molar-refractivity contribution < 1.29 is 4.92 Å². The van der Waals surface area contributed by atoms with E-state index in [-0.39, 0.29) is 10.6 Å². The molecule has 0 atom stereocenters. The average molecular weight is 347 g/mol. The second-order valence-corrected chi connectivity index (χ2v) is 6.47. The van der Waals surface area contributed by atoms with Gasteiger partial charge in [0.1, 0.15) is 5.69 Å². The molecule has 0 amide bonds.